The van der Waals surface area contributed by atoms with Gasteiger partial charge in [0.1, 0.15) is 6.54 Å². The molecule has 0 atom stereocenters. The van der Waals surface area contributed by atoms with E-state index >= 15 is 0 Å². The van der Waals surface area contributed by atoms with Crippen molar-refractivity contribution in [2.75, 3.05) is 13.6 Å². The van der Waals surface area contributed by atoms with Gasteiger partial charge in [0.2, 0.25) is 5.91 Å². The Morgan fingerprint density at radius 3 is 2.90 bits per heavy atom. The van der Waals surface area contributed by atoms with Gasteiger partial charge in [-0.25, -0.2) is 0 Å². The van der Waals surface area contributed by atoms with Gasteiger partial charge in [0.25, 0.3) is 0 Å². The van der Waals surface area contributed by atoms with E-state index in [9.17, 15) is 4.79 Å². The third-order valence-electron chi connectivity index (χ3n) is 3.29. The number of nitrogens with one attached hydrogen (secondary N) is 1. The average Bonchev–Trinajstić information content (AvgIpc) is 2.91. The van der Waals surface area contributed by atoms with Gasteiger partial charge in [0, 0.05) is 18.8 Å². The summed E-state index contributed by atoms with van der Waals surface area (Å²) in [5.74, 6) is -0.0117. The van der Waals surface area contributed by atoms with Gasteiger partial charge in [-0.15, -0.1) is 0 Å². The Labute approximate surface area is 125 Å². The predicted octanol–water partition coefficient (Wildman–Crippen LogP) is 2.79. The molecular formula is C17H21N3O. The van der Waals surface area contributed by atoms with Gasteiger partial charge in [0.05, 0.1) is 12.3 Å². The number of hydrogen-bond acceptors (Lipinski definition) is 2. The monoisotopic (exact) mass is 283 g/mol. The number of para-hydroxylation sites is 1. The molecule has 0 aliphatic rings. The number of amides is 1. The van der Waals surface area contributed by atoms with Crippen molar-refractivity contribution in [3.8, 4) is 0 Å². The van der Waals surface area contributed by atoms with E-state index in [2.05, 4.69) is 17.2 Å². The third-order valence-corrected chi connectivity index (χ3v) is 3.29. The number of nitrogens with zero attached hydrogens (tertiary/aromatic N) is 2. The summed E-state index contributed by atoms with van der Waals surface area (Å²) in [6.45, 7) is 2.85. The first-order chi connectivity index (χ1) is 10.2. The second-order valence-electron chi connectivity index (χ2n) is 4.80. The molecule has 0 spiro atoms. The fourth-order valence-corrected chi connectivity index (χ4v) is 2.14. The maximum absolute atomic E-state index is 12.0. The fraction of sp³-hybridized carbons (Fsp3) is 0.294. The van der Waals surface area contributed by atoms with Gasteiger partial charge < -0.3 is 9.88 Å². The first-order valence-corrected chi connectivity index (χ1v) is 7.17. The topological polar surface area (TPSA) is 46.4 Å². The lowest BCUT2D eigenvalue weighted by Crippen LogP contribution is -2.31. The molecule has 0 bridgehead atoms. The summed E-state index contributed by atoms with van der Waals surface area (Å²) in [6, 6.07) is 10.1. The van der Waals surface area contributed by atoms with Crippen LogP contribution in [0.3, 0.4) is 0 Å². The average molecular weight is 283 g/mol. The molecule has 1 aromatic carbocycles. The number of benzene rings is 1. The second kappa shape index (κ2) is 7.43. The van der Waals surface area contributed by atoms with E-state index in [0.717, 1.165) is 23.0 Å². The SMILES string of the molecule is CC/C=C\C(CNC(=O)Cn1ccc2ccccc21)=NC. The van der Waals surface area contributed by atoms with Crippen molar-refractivity contribution < 1.29 is 4.79 Å². The molecule has 0 saturated heterocycles. The quantitative estimate of drug-likeness (QED) is 0.814. The molecule has 21 heavy (non-hydrogen) atoms. The highest BCUT2D eigenvalue weighted by Gasteiger charge is 2.06. The van der Waals surface area contributed by atoms with Crippen molar-refractivity contribution >= 4 is 22.5 Å². The lowest BCUT2D eigenvalue weighted by Gasteiger charge is -2.07. The maximum Gasteiger partial charge on any atom is 0.240 e. The number of fused-ring (bicyclic) bond motifs is 1. The summed E-state index contributed by atoms with van der Waals surface area (Å²) in [4.78, 5) is 16.2. The van der Waals surface area contributed by atoms with Crippen LogP contribution in [-0.2, 0) is 11.3 Å². The van der Waals surface area contributed by atoms with Gasteiger partial charge >= 0.3 is 0 Å². The molecule has 1 amide bonds. The maximum atomic E-state index is 12.0. The first kappa shape index (κ1) is 15.0. The molecule has 1 aromatic heterocycles. The molecule has 2 rings (SSSR count). The zero-order valence-electron chi connectivity index (χ0n) is 12.5. The number of aromatic nitrogens is 1. The number of carbonyl (C=O) groups is 1. The van der Waals surface area contributed by atoms with E-state index in [1.165, 1.54) is 0 Å². The minimum atomic E-state index is -0.0117. The van der Waals surface area contributed by atoms with Crippen LogP contribution < -0.4 is 5.32 Å². The molecule has 0 fully saturated rings. The molecule has 4 nitrogen and oxygen atoms in total. The number of carbonyl (C=O) groups excluding carboxylic acids is 1. The molecule has 0 aliphatic carbocycles. The predicted molar refractivity (Wildman–Crippen MR) is 87.7 cm³/mol. The normalized spacial score (nSPS) is 12.2. The smallest absolute Gasteiger partial charge is 0.240 e. The van der Waals surface area contributed by atoms with Crippen molar-refractivity contribution in [3.63, 3.8) is 0 Å². The van der Waals surface area contributed by atoms with Crippen LogP contribution in [0.2, 0.25) is 0 Å². The van der Waals surface area contributed by atoms with E-state index in [1.807, 2.05) is 53.2 Å². The Bertz CT molecular complexity index is 667. The van der Waals surface area contributed by atoms with Gasteiger partial charge in [-0.2, -0.15) is 0 Å². The molecule has 4 heteroatoms. The fourth-order valence-electron chi connectivity index (χ4n) is 2.14. The number of hydrogen-bond donors (Lipinski definition) is 1. The summed E-state index contributed by atoms with van der Waals surface area (Å²) in [6.07, 6.45) is 6.89. The van der Waals surface area contributed by atoms with Crippen LogP contribution in [0.5, 0.6) is 0 Å². The lowest BCUT2D eigenvalue weighted by molar-refractivity contribution is -0.121. The van der Waals surface area contributed by atoms with Crippen molar-refractivity contribution in [3.05, 3.63) is 48.7 Å². The lowest BCUT2D eigenvalue weighted by atomic mass is 10.2. The highest BCUT2D eigenvalue weighted by atomic mass is 16.1. The van der Waals surface area contributed by atoms with Crippen LogP contribution in [0.1, 0.15) is 13.3 Å². The summed E-state index contributed by atoms with van der Waals surface area (Å²) < 4.78 is 1.95. The summed E-state index contributed by atoms with van der Waals surface area (Å²) >= 11 is 0. The van der Waals surface area contributed by atoms with Crippen molar-refractivity contribution in [2.24, 2.45) is 4.99 Å². The van der Waals surface area contributed by atoms with E-state index < -0.39 is 0 Å². The first-order valence-electron chi connectivity index (χ1n) is 7.17. The summed E-state index contributed by atoms with van der Waals surface area (Å²) in [5.41, 5.74) is 1.95. The Hall–Kier alpha value is -2.36. The summed E-state index contributed by atoms with van der Waals surface area (Å²) in [7, 11) is 1.74. The van der Waals surface area contributed by atoms with E-state index in [1.54, 1.807) is 7.05 Å². The van der Waals surface area contributed by atoms with Crippen LogP contribution in [0, 0.1) is 0 Å². The number of aliphatic imine (C=N–C) groups is 1. The van der Waals surface area contributed by atoms with Gasteiger partial charge in [-0.05, 0) is 30.0 Å². The van der Waals surface area contributed by atoms with Gasteiger partial charge in [0.15, 0.2) is 0 Å². The van der Waals surface area contributed by atoms with Gasteiger partial charge in [-0.3, -0.25) is 9.79 Å². The largest absolute Gasteiger partial charge is 0.349 e. The number of allylic oxidation sites excluding steroid dienone is 1. The van der Waals surface area contributed by atoms with Crippen LogP contribution in [-0.4, -0.2) is 29.8 Å². The van der Waals surface area contributed by atoms with Gasteiger partial charge in [-0.1, -0.05) is 31.2 Å². The Kier molecular flexibility index (Phi) is 5.32. The van der Waals surface area contributed by atoms with Crippen molar-refractivity contribution in [1.82, 2.24) is 9.88 Å². The molecule has 0 saturated carbocycles. The molecule has 1 N–H and O–H groups in total. The van der Waals surface area contributed by atoms with Crippen LogP contribution in [0.15, 0.2) is 53.7 Å². The minimum Gasteiger partial charge on any atom is -0.349 e. The third kappa shape index (κ3) is 4.05. The highest BCUT2D eigenvalue weighted by Crippen LogP contribution is 2.14. The molecule has 1 heterocycles. The Balaban J connectivity index is 1.94. The Morgan fingerprint density at radius 1 is 1.33 bits per heavy atom. The standard InChI is InChI=1S/C17H21N3O/c1-3-4-8-15(18-2)12-19-17(21)13-20-11-10-14-7-5-6-9-16(14)20/h4-11H,3,12-13H2,1-2H3,(H,19,21)/b8-4-,18-15?. The van der Waals surface area contributed by atoms with E-state index in [-0.39, 0.29) is 5.91 Å². The summed E-state index contributed by atoms with van der Waals surface area (Å²) in [5, 5.41) is 4.05. The highest BCUT2D eigenvalue weighted by molar-refractivity contribution is 5.98. The zero-order chi connectivity index (χ0) is 15.1. The molecule has 0 radical (unpaired) electrons. The molecule has 0 aliphatic heterocycles. The van der Waals surface area contributed by atoms with Crippen molar-refractivity contribution in [1.29, 1.82) is 0 Å². The van der Waals surface area contributed by atoms with Crippen LogP contribution in [0.25, 0.3) is 10.9 Å². The van der Waals surface area contributed by atoms with Crippen LogP contribution >= 0.6 is 0 Å². The molecule has 2 aromatic rings. The zero-order valence-corrected chi connectivity index (χ0v) is 12.5. The minimum absolute atomic E-state index is 0.0117. The second-order valence-corrected chi connectivity index (χ2v) is 4.80. The van der Waals surface area contributed by atoms with E-state index in [0.29, 0.717) is 13.1 Å². The molecular weight excluding hydrogens is 262 g/mol. The van der Waals surface area contributed by atoms with E-state index in [4.69, 9.17) is 0 Å². The van der Waals surface area contributed by atoms with Crippen LogP contribution in [0.4, 0.5) is 0 Å². The molecule has 110 valence electrons. The Morgan fingerprint density at radius 2 is 2.14 bits per heavy atom. The van der Waals surface area contributed by atoms with Crippen molar-refractivity contribution in [2.45, 2.75) is 19.9 Å². The molecule has 0 unspecified atom stereocenters. The number of rotatable bonds is 6.